The van der Waals surface area contributed by atoms with E-state index >= 15 is 0 Å². The first-order valence-corrected chi connectivity index (χ1v) is 10.1. The Balaban J connectivity index is 1.78. The van der Waals surface area contributed by atoms with E-state index in [-0.39, 0.29) is 0 Å². The van der Waals surface area contributed by atoms with Crippen molar-refractivity contribution in [1.82, 2.24) is 0 Å². The second kappa shape index (κ2) is 9.47. The van der Waals surface area contributed by atoms with E-state index in [9.17, 15) is 0 Å². The second-order valence-electron chi connectivity index (χ2n) is 7.32. The molecule has 0 aliphatic heterocycles. The van der Waals surface area contributed by atoms with Crippen LogP contribution in [0.1, 0.15) is 62.6 Å². The van der Waals surface area contributed by atoms with E-state index in [2.05, 4.69) is 73.5 Å². The minimum absolute atomic E-state index is 0.528. The molecule has 2 aromatic carbocycles. The summed E-state index contributed by atoms with van der Waals surface area (Å²) in [6, 6.07) is 19.1. The molecule has 0 radical (unpaired) electrons. The van der Waals surface area contributed by atoms with Crippen molar-refractivity contribution in [2.75, 3.05) is 0 Å². The molecule has 136 valence electrons. The third-order valence-electron chi connectivity index (χ3n) is 5.64. The lowest BCUT2D eigenvalue weighted by Crippen LogP contribution is -2.22. The van der Waals surface area contributed by atoms with Crippen molar-refractivity contribution in [3.05, 3.63) is 71.3 Å². The Morgan fingerprint density at radius 1 is 0.923 bits per heavy atom. The predicted octanol–water partition coefficient (Wildman–Crippen LogP) is 6.29. The largest absolute Gasteiger partial charge is 0.158 e. The van der Waals surface area contributed by atoms with Crippen LogP contribution in [0.25, 0.3) is 0 Å². The van der Waals surface area contributed by atoms with Crippen LogP contribution < -0.4 is 0 Å². The molecule has 1 fully saturated rings. The summed E-state index contributed by atoms with van der Waals surface area (Å²) in [5.41, 5.74) is 4.82. The van der Waals surface area contributed by atoms with Gasteiger partial charge in [0, 0.05) is 5.92 Å². The molecule has 2 nitrogen and oxygen atoms in total. The van der Waals surface area contributed by atoms with E-state index in [0.29, 0.717) is 5.92 Å². The number of benzene rings is 2. The molecule has 0 aromatic heterocycles. The van der Waals surface area contributed by atoms with Crippen molar-refractivity contribution >= 4 is 11.9 Å². The summed E-state index contributed by atoms with van der Waals surface area (Å²) >= 11 is 0. The molecule has 0 spiro atoms. The Morgan fingerprint density at radius 2 is 1.62 bits per heavy atom. The first-order chi connectivity index (χ1) is 12.8. The molecule has 1 aliphatic rings. The highest BCUT2D eigenvalue weighted by molar-refractivity contribution is 6.02. The molecule has 0 bridgehead atoms. The fraction of sp³-hybridized carbons (Fsp3) is 0.417. The third-order valence-corrected chi connectivity index (χ3v) is 5.64. The van der Waals surface area contributed by atoms with Crippen LogP contribution in [0.15, 0.2) is 64.8 Å². The topological polar surface area (TPSA) is 24.7 Å². The standard InChI is InChI=1S/C24H30N2/c1-3-19-10-12-21(13-11-19)18-25-26-24(22-8-6-5-7-9-22)23-16-14-20(4-2)15-17-23/h5-13,18,20,23H,3-4,14-17H2,1-2H3. The zero-order valence-electron chi connectivity index (χ0n) is 16.1. The summed E-state index contributed by atoms with van der Waals surface area (Å²) in [6.45, 7) is 4.48. The molecule has 0 amide bonds. The first kappa shape index (κ1) is 18.6. The van der Waals surface area contributed by atoms with Gasteiger partial charge < -0.3 is 0 Å². The van der Waals surface area contributed by atoms with Crippen LogP contribution in [0.3, 0.4) is 0 Å². The summed E-state index contributed by atoms with van der Waals surface area (Å²) < 4.78 is 0. The summed E-state index contributed by atoms with van der Waals surface area (Å²) in [6.07, 6.45) is 9.33. The van der Waals surface area contributed by atoms with E-state index < -0.39 is 0 Å². The molecule has 0 atom stereocenters. The fourth-order valence-electron chi connectivity index (χ4n) is 3.83. The Labute approximate surface area is 158 Å². The van der Waals surface area contributed by atoms with Crippen molar-refractivity contribution in [2.24, 2.45) is 22.0 Å². The maximum atomic E-state index is 4.69. The van der Waals surface area contributed by atoms with Gasteiger partial charge in [0.25, 0.3) is 0 Å². The molecule has 3 rings (SSSR count). The summed E-state index contributed by atoms with van der Waals surface area (Å²) in [7, 11) is 0. The van der Waals surface area contributed by atoms with Gasteiger partial charge >= 0.3 is 0 Å². The highest BCUT2D eigenvalue weighted by Crippen LogP contribution is 2.33. The molecule has 1 saturated carbocycles. The fourth-order valence-corrected chi connectivity index (χ4v) is 3.83. The minimum Gasteiger partial charge on any atom is -0.158 e. The summed E-state index contributed by atoms with van der Waals surface area (Å²) in [5.74, 6) is 1.42. The maximum absolute atomic E-state index is 4.69. The SMILES string of the molecule is CCc1ccc(C=NN=C(c2ccccc2)C2CCC(CC)CC2)cc1. The lowest BCUT2D eigenvalue weighted by molar-refractivity contribution is 0.315. The molecule has 2 heteroatoms. The van der Waals surface area contributed by atoms with Gasteiger partial charge in [-0.05, 0) is 54.7 Å². The Morgan fingerprint density at radius 3 is 2.23 bits per heavy atom. The lowest BCUT2D eigenvalue weighted by Gasteiger charge is -2.28. The van der Waals surface area contributed by atoms with Crippen molar-refractivity contribution in [1.29, 1.82) is 0 Å². The van der Waals surface area contributed by atoms with E-state index in [1.165, 1.54) is 43.2 Å². The highest BCUT2D eigenvalue weighted by Gasteiger charge is 2.24. The Hall–Kier alpha value is -2.22. The van der Waals surface area contributed by atoms with Gasteiger partial charge in [-0.1, -0.05) is 74.9 Å². The highest BCUT2D eigenvalue weighted by atomic mass is 15.2. The van der Waals surface area contributed by atoms with E-state index in [4.69, 9.17) is 5.10 Å². The van der Waals surface area contributed by atoms with Crippen molar-refractivity contribution < 1.29 is 0 Å². The molecule has 2 aromatic rings. The van der Waals surface area contributed by atoms with Gasteiger partial charge in [0.2, 0.25) is 0 Å². The quantitative estimate of drug-likeness (QED) is 0.434. The Kier molecular flexibility index (Phi) is 6.76. The van der Waals surface area contributed by atoms with Gasteiger partial charge in [-0.15, -0.1) is 0 Å². The van der Waals surface area contributed by atoms with E-state index in [1.54, 1.807) is 0 Å². The lowest BCUT2D eigenvalue weighted by atomic mass is 9.77. The van der Waals surface area contributed by atoms with Gasteiger partial charge in [-0.3, -0.25) is 0 Å². The minimum atomic E-state index is 0.528. The number of hydrogen-bond donors (Lipinski definition) is 0. The number of nitrogens with zero attached hydrogens (tertiary/aromatic N) is 2. The third kappa shape index (κ3) is 4.91. The molecule has 0 heterocycles. The van der Waals surface area contributed by atoms with Crippen LogP contribution in [-0.2, 0) is 6.42 Å². The zero-order chi connectivity index (χ0) is 18.2. The van der Waals surface area contributed by atoms with E-state index in [1.807, 2.05) is 6.21 Å². The molecule has 0 unspecified atom stereocenters. The molecule has 0 saturated heterocycles. The van der Waals surface area contributed by atoms with E-state index in [0.717, 1.165) is 23.6 Å². The maximum Gasteiger partial charge on any atom is 0.0733 e. The van der Waals surface area contributed by atoms with Crippen molar-refractivity contribution in [2.45, 2.75) is 52.4 Å². The van der Waals surface area contributed by atoms with Crippen LogP contribution in [0.5, 0.6) is 0 Å². The van der Waals surface area contributed by atoms with Gasteiger partial charge in [0.1, 0.15) is 0 Å². The first-order valence-electron chi connectivity index (χ1n) is 10.1. The monoisotopic (exact) mass is 346 g/mol. The number of hydrogen-bond acceptors (Lipinski definition) is 2. The molecule has 0 N–H and O–H groups in total. The zero-order valence-corrected chi connectivity index (χ0v) is 16.1. The average molecular weight is 347 g/mol. The molecular weight excluding hydrogens is 316 g/mol. The number of aryl methyl sites for hydroxylation is 1. The van der Waals surface area contributed by atoms with Gasteiger partial charge in [0.15, 0.2) is 0 Å². The molecule has 26 heavy (non-hydrogen) atoms. The van der Waals surface area contributed by atoms with Crippen molar-refractivity contribution in [3.63, 3.8) is 0 Å². The van der Waals surface area contributed by atoms with Crippen LogP contribution in [-0.4, -0.2) is 11.9 Å². The van der Waals surface area contributed by atoms with Crippen LogP contribution in [0.4, 0.5) is 0 Å². The molecular formula is C24H30N2. The average Bonchev–Trinajstić information content (AvgIpc) is 2.72. The number of rotatable bonds is 6. The van der Waals surface area contributed by atoms with Gasteiger partial charge in [0.05, 0.1) is 11.9 Å². The Bertz CT molecular complexity index is 721. The van der Waals surface area contributed by atoms with Crippen LogP contribution in [0.2, 0.25) is 0 Å². The van der Waals surface area contributed by atoms with Crippen molar-refractivity contribution in [3.8, 4) is 0 Å². The van der Waals surface area contributed by atoms with Crippen LogP contribution in [0, 0.1) is 11.8 Å². The molecule has 1 aliphatic carbocycles. The van der Waals surface area contributed by atoms with Crippen LogP contribution >= 0.6 is 0 Å². The second-order valence-corrected chi connectivity index (χ2v) is 7.32. The normalized spacial score (nSPS) is 21.2. The van der Waals surface area contributed by atoms with Gasteiger partial charge in [-0.2, -0.15) is 10.2 Å². The summed E-state index contributed by atoms with van der Waals surface area (Å²) in [5, 5.41) is 9.14. The summed E-state index contributed by atoms with van der Waals surface area (Å²) in [4.78, 5) is 0. The predicted molar refractivity (Wildman–Crippen MR) is 112 cm³/mol. The van der Waals surface area contributed by atoms with Gasteiger partial charge in [-0.25, -0.2) is 0 Å². The smallest absolute Gasteiger partial charge is 0.0733 e.